The number of hydrogen-bond acceptors (Lipinski definition) is 3. The van der Waals surface area contributed by atoms with Crippen molar-refractivity contribution < 1.29 is 9.00 Å². The summed E-state index contributed by atoms with van der Waals surface area (Å²) in [4.78, 5) is 10.9. The second-order valence-electron chi connectivity index (χ2n) is 5.49. The molecule has 0 bridgehead atoms. The summed E-state index contributed by atoms with van der Waals surface area (Å²) in [6, 6.07) is 0.225. The predicted octanol–water partition coefficient (Wildman–Crippen LogP) is 0.777. The molecule has 1 rings (SSSR count). The van der Waals surface area contributed by atoms with Gasteiger partial charge in [-0.05, 0) is 31.2 Å². The van der Waals surface area contributed by atoms with E-state index >= 15 is 0 Å². The molecule has 5 heteroatoms. The number of hydrogen-bond donors (Lipinski definition) is 2. The molecule has 0 aromatic rings. The third-order valence-corrected chi connectivity index (χ3v) is 5.28. The van der Waals surface area contributed by atoms with E-state index in [9.17, 15) is 9.00 Å². The standard InChI is InChI=1S/C12H24N2O2S/c1-4-7-14-11-9(5-6-12(11,2)3)17(16)8-10(13)15/h9,11,14H,4-8H2,1-3H3,(H2,13,15). The summed E-state index contributed by atoms with van der Waals surface area (Å²) in [5.74, 6) is -0.479. The van der Waals surface area contributed by atoms with E-state index in [1.807, 2.05) is 0 Å². The van der Waals surface area contributed by atoms with Crippen LogP contribution in [0.3, 0.4) is 0 Å². The molecule has 1 amide bonds. The zero-order chi connectivity index (χ0) is 13.1. The molecule has 1 fully saturated rings. The molecule has 3 atom stereocenters. The molecular formula is C12H24N2O2S. The van der Waals surface area contributed by atoms with Crippen LogP contribution < -0.4 is 11.1 Å². The Kier molecular flexibility index (Phi) is 5.13. The van der Waals surface area contributed by atoms with Gasteiger partial charge in [0.15, 0.2) is 0 Å². The molecule has 0 aromatic heterocycles. The van der Waals surface area contributed by atoms with Crippen molar-refractivity contribution >= 4 is 16.7 Å². The average molecular weight is 260 g/mol. The van der Waals surface area contributed by atoms with Crippen LogP contribution in [0.2, 0.25) is 0 Å². The number of rotatable bonds is 6. The van der Waals surface area contributed by atoms with Crippen LogP contribution in [0.15, 0.2) is 0 Å². The summed E-state index contributed by atoms with van der Waals surface area (Å²) >= 11 is 0. The first kappa shape index (κ1) is 14.6. The maximum Gasteiger partial charge on any atom is 0.230 e. The van der Waals surface area contributed by atoms with Gasteiger partial charge in [0, 0.05) is 16.8 Å². The number of primary amides is 1. The van der Waals surface area contributed by atoms with E-state index in [1.54, 1.807) is 0 Å². The maximum absolute atomic E-state index is 12.1. The lowest BCUT2D eigenvalue weighted by atomic mass is 9.87. The number of nitrogens with one attached hydrogen (secondary N) is 1. The molecule has 100 valence electrons. The minimum absolute atomic E-state index is 0.00888. The third-order valence-electron chi connectivity index (χ3n) is 3.52. The molecule has 1 aliphatic rings. The number of carbonyl (C=O) groups excluding carboxylic acids is 1. The Labute approximate surface area is 106 Å². The highest BCUT2D eigenvalue weighted by Gasteiger charge is 2.44. The van der Waals surface area contributed by atoms with Crippen molar-refractivity contribution in [3.63, 3.8) is 0 Å². The minimum atomic E-state index is -1.14. The van der Waals surface area contributed by atoms with Gasteiger partial charge in [0.1, 0.15) is 5.75 Å². The molecule has 3 N–H and O–H groups in total. The van der Waals surface area contributed by atoms with Crippen molar-refractivity contribution in [3.05, 3.63) is 0 Å². The first-order valence-electron chi connectivity index (χ1n) is 6.27. The Bertz CT molecular complexity index is 305. The molecule has 1 aliphatic carbocycles. The maximum atomic E-state index is 12.1. The average Bonchev–Trinajstić information content (AvgIpc) is 2.50. The van der Waals surface area contributed by atoms with Crippen molar-refractivity contribution in [1.82, 2.24) is 5.32 Å². The molecule has 3 unspecified atom stereocenters. The van der Waals surface area contributed by atoms with Crippen molar-refractivity contribution in [1.29, 1.82) is 0 Å². The topological polar surface area (TPSA) is 72.2 Å². The van der Waals surface area contributed by atoms with E-state index < -0.39 is 16.7 Å². The van der Waals surface area contributed by atoms with Crippen LogP contribution in [0.25, 0.3) is 0 Å². The molecule has 4 nitrogen and oxygen atoms in total. The summed E-state index contributed by atoms with van der Waals surface area (Å²) in [5, 5.41) is 3.54. The van der Waals surface area contributed by atoms with E-state index in [1.165, 1.54) is 0 Å². The zero-order valence-electron chi connectivity index (χ0n) is 11.0. The van der Waals surface area contributed by atoms with Gasteiger partial charge in [-0.3, -0.25) is 9.00 Å². The molecule has 0 aliphatic heterocycles. The van der Waals surface area contributed by atoms with Crippen LogP contribution in [0.4, 0.5) is 0 Å². The van der Waals surface area contributed by atoms with Crippen molar-refractivity contribution in [2.24, 2.45) is 11.1 Å². The van der Waals surface area contributed by atoms with Crippen molar-refractivity contribution in [3.8, 4) is 0 Å². The number of nitrogens with two attached hydrogens (primary N) is 1. The lowest BCUT2D eigenvalue weighted by Gasteiger charge is -2.31. The van der Waals surface area contributed by atoms with Gasteiger partial charge in [-0.1, -0.05) is 20.8 Å². The van der Waals surface area contributed by atoms with Gasteiger partial charge < -0.3 is 11.1 Å². The lowest BCUT2D eigenvalue weighted by Crippen LogP contribution is -2.47. The first-order chi connectivity index (χ1) is 7.88. The lowest BCUT2D eigenvalue weighted by molar-refractivity contribution is -0.115. The van der Waals surface area contributed by atoms with E-state index in [0.29, 0.717) is 0 Å². The number of carbonyl (C=O) groups is 1. The molecule has 17 heavy (non-hydrogen) atoms. The first-order valence-corrected chi connectivity index (χ1v) is 7.65. The van der Waals surface area contributed by atoms with Gasteiger partial charge in [0.05, 0.1) is 5.25 Å². The summed E-state index contributed by atoms with van der Waals surface area (Å²) in [7, 11) is -1.14. The molecule has 0 radical (unpaired) electrons. The fraction of sp³-hybridized carbons (Fsp3) is 0.917. The largest absolute Gasteiger partial charge is 0.369 e. The summed E-state index contributed by atoms with van der Waals surface area (Å²) < 4.78 is 12.1. The fourth-order valence-electron chi connectivity index (χ4n) is 2.58. The highest BCUT2D eigenvalue weighted by atomic mass is 32.2. The summed E-state index contributed by atoms with van der Waals surface area (Å²) in [6.07, 6.45) is 3.01. The van der Waals surface area contributed by atoms with E-state index in [-0.39, 0.29) is 22.5 Å². The van der Waals surface area contributed by atoms with Crippen LogP contribution in [0, 0.1) is 5.41 Å². The Balaban J connectivity index is 2.70. The molecule has 1 saturated carbocycles. The minimum Gasteiger partial charge on any atom is -0.369 e. The van der Waals surface area contributed by atoms with E-state index in [0.717, 1.165) is 25.8 Å². The second kappa shape index (κ2) is 5.96. The van der Waals surface area contributed by atoms with Gasteiger partial charge in [-0.25, -0.2) is 0 Å². The molecule has 0 spiro atoms. The van der Waals surface area contributed by atoms with Crippen molar-refractivity contribution in [2.45, 2.75) is 51.3 Å². The van der Waals surface area contributed by atoms with Gasteiger partial charge in [0.2, 0.25) is 5.91 Å². The summed E-state index contributed by atoms with van der Waals surface area (Å²) in [6.45, 7) is 7.44. The summed E-state index contributed by atoms with van der Waals surface area (Å²) in [5.41, 5.74) is 5.27. The smallest absolute Gasteiger partial charge is 0.230 e. The monoisotopic (exact) mass is 260 g/mol. The van der Waals surface area contributed by atoms with Crippen LogP contribution in [0.5, 0.6) is 0 Å². The van der Waals surface area contributed by atoms with Crippen LogP contribution >= 0.6 is 0 Å². The SMILES string of the molecule is CCCNC1C(S(=O)CC(N)=O)CCC1(C)C. The Morgan fingerprint density at radius 2 is 2.18 bits per heavy atom. The van der Waals surface area contributed by atoms with Crippen LogP contribution in [-0.4, -0.2) is 33.7 Å². The molecular weight excluding hydrogens is 236 g/mol. The van der Waals surface area contributed by atoms with Gasteiger partial charge >= 0.3 is 0 Å². The van der Waals surface area contributed by atoms with E-state index in [2.05, 4.69) is 26.1 Å². The molecule has 0 heterocycles. The van der Waals surface area contributed by atoms with Gasteiger partial charge in [-0.15, -0.1) is 0 Å². The molecule has 0 saturated heterocycles. The predicted molar refractivity (Wildman–Crippen MR) is 71.1 cm³/mol. The van der Waals surface area contributed by atoms with Crippen LogP contribution in [0.1, 0.15) is 40.0 Å². The van der Waals surface area contributed by atoms with Crippen LogP contribution in [-0.2, 0) is 15.6 Å². The highest BCUT2D eigenvalue weighted by Crippen LogP contribution is 2.39. The van der Waals surface area contributed by atoms with Crippen molar-refractivity contribution in [2.75, 3.05) is 12.3 Å². The Morgan fingerprint density at radius 3 is 2.71 bits per heavy atom. The quantitative estimate of drug-likeness (QED) is 0.741. The Morgan fingerprint density at radius 1 is 1.53 bits per heavy atom. The highest BCUT2D eigenvalue weighted by molar-refractivity contribution is 7.86. The third kappa shape index (κ3) is 3.78. The zero-order valence-corrected chi connectivity index (χ0v) is 11.8. The Hall–Kier alpha value is -0.420. The molecule has 0 aromatic carbocycles. The van der Waals surface area contributed by atoms with Gasteiger partial charge in [-0.2, -0.15) is 0 Å². The normalized spacial score (nSPS) is 29.1. The fourth-order valence-corrected chi connectivity index (χ4v) is 4.22. The van der Waals surface area contributed by atoms with E-state index in [4.69, 9.17) is 5.73 Å². The van der Waals surface area contributed by atoms with Gasteiger partial charge in [0.25, 0.3) is 0 Å². The second-order valence-corrected chi connectivity index (χ2v) is 7.14. The number of amides is 1.